The fourth-order valence-corrected chi connectivity index (χ4v) is 2.51. The molecular weight excluding hydrogens is 218 g/mol. The lowest BCUT2D eigenvalue weighted by atomic mass is 9.64. The quantitative estimate of drug-likeness (QED) is 0.674. The Morgan fingerprint density at radius 1 is 1.47 bits per heavy atom. The molecule has 0 aliphatic heterocycles. The Morgan fingerprint density at radius 3 is 2.65 bits per heavy atom. The SMILES string of the molecule is CCOC1CC(NC(CCO)COC)C1(C)C. The van der Waals surface area contributed by atoms with Crippen LogP contribution >= 0.6 is 0 Å². The van der Waals surface area contributed by atoms with E-state index in [0.717, 1.165) is 19.4 Å². The van der Waals surface area contributed by atoms with E-state index >= 15 is 0 Å². The molecule has 1 aliphatic rings. The summed E-state index contributed by atoms with van der Waals surface area (Å²) in [5, 5.41) is 12.6. The molecule has 0 aromatic heterocycles. The van der Waals surface area contributed by atoms with E-state index in [-0.39, 0.29) is 18.1 Å². The van der Waals surface area contributed by atoms with Crippen LogP contribution in [0.2, 0.25) is 0 Å². The van der Waals surface area contributed by atoms with Crippen molar-refractivity contribution in [1.82, 2.24) is 5.32 Å². The van der Waals surface area contributed by atoms with Crippen LogP contribution in [-0.4, -0.2) is 50.2 Å². The predicted molar refractivity (Wildman–Crippen MR) is 68.1 cm³/mol. The van der Waals surface area contributed by atoms with Gasteiger partial charge in [-0.1, -0.05) is 13.8 Å². The largest absolute Gasteiger partial charge is 0.396 e. The molecule has 0 aromatic rings. The first kappa shape index (κ1) is 14.9. The zero-order valence-corrected chi connectivity index (χ0v) is 11.5. The van der Waals surface area contributed by atoms with Crippen molar-refractivity contribution in [1.29, 1.82) is 0 Å². The molecule has 4 nitrogen and oxygen atoms in total. The lowest BCUT2D eigenvalue weighted by Crippen LogP contribution is -2.63. The normalized spacial score (nSPS) is 28.8. The second-order valence-electron chi connectivity index (χ2n) is 5.38. The molecule has 102 valence electrons. The van der Waals surface area contributed by atoms with Gasteiger partial charge in [0, 0.05) is 37.8 Å². The van der Waals surface area contributed by atoms with Crippen LogP contribution in [0.1, 0.15) is 33.6 Å². The van der Waals surface area contributed by atoms with Crippen LogP contribution in [0.5, 0.6) is 0 Å². The van der Waals surface area contributed by atoms with Gasteiger partial charge in [0.1, 0.15) is 0 Å². The third-order valence-corrected chi connectivity index (χ3v) is 3.83. The third-order valence-electron chi connectivity index (χ3n) is 3.83. The van der Waals surface area contributed by atoms with Crippen molar-refractivity contribution in [2.75, 3.05) is 26.9 Å². The van der Waals surface area contributed by atoms with Crippen LogP contribution in [0.3, 0.4) is 0 Å². The van der Waals surface area contributed by atoms with Crippen LogP contribution in [0, 0.1) is 5.41 Å². The second-order valence-corrected chi connectivity index (χ2v) is 5.38. The highest BCUT2D eigenvalue weighted by Crippen LogP contribution is 2.42. The second kappa shape index (κ2) is 6.69. The van der Waals surface area contributed by atoms with E-state index in [0.29, 0.717) is 18.8 Å². The molecule has 1 rings (SSSR count). The minimum atomic E-state index is 0.164. The highest BCUT2D eigenvalue weighted by molar-refractivity contribution is 5.03. The van der Waals surface area contributed by atoms with Crippen molar-refractivity contribution < 1.29 is 14.6 Å². The van der Waals surface area contributed by atoms with E-state index in [4.69, 9.17) is 14.6 Å². The molecule has 1 saturated carbocycles. The van der Waals surface area contributed by atoms with Gasteiger partial charge in [0.2, 0.25) is 0 Å². The van der Waals surface area contributed by atoms with Gasteiger partial charge in [0.15, 0.2) is 0 Å². The smallest absolute Gasteiger partial charge is 0.0655 e. The Kier molecular flexibility index (Phi) is 5.86. The Labute approximate surface area is 105 Å². The van der Waals surface area contributed by atoms with Gasteiger partial charge in [-0.3, -0.25) is 0 Å². The molecule has 1 aliphatic carbocycles. The molecule has 0 radical (unpaired) electrons. The van der Waals surface area contributed by atoms with Gasteiger partial charge in [-0.2, -0.15) is 0 Å². The maximum absolute atomic E-state index is 9.01. The lowest BCUT2D eigenvalue weighted by Gasteiger charge is -2.53. The Balaban J connectivity index is 2.41. The highest BCUT2D eigenvalue weighted by Gasteiger charge is 2.49. The topological polar surface area (TPSA) is 50.7 Å². The third kappa shape index (κ3) is 3.65. The summed E-state index contributed by atoms with van der Waals surface area (Å²) in [6.07, 6.45) is 2.13. The Morgan fingerprint density at radius 2 is 2.18 bits per heavy atom. The molecule has 0 heterocycles. The summed E-state index contributed by atoms with van der Waals surface area (Å²) in [6, 6.07) is 0.683. The van der Waals surface area contributed by atoms with E-state index < -0.39 is 0 Å². The van der Waals surface area contributed by atoms with Crippen molar-refractivity contribution in [2.24, 2.45) is 5.41 Å². The van der Waals surface area contributed by atoms with E-state index in [2.05, 4.69) is 19.2 Å². The van der Waals surface area contributed by atoms with Gasteiger partial charge >= 0.3 is 0 Å². The Bertz CT molecular complexity index is 215. The van der Waals surface area contributed by atoms with Crippen LogP contribution < -0.4 is 5.32 Å². The summed E-state index contributed by atoms with van der Waals surface area (Å²) in [6.45, 7) is 8.12. The molecule has 1 fully saturated rings. The molecule has 0 spiro atoms. The molecule has 17 heavy (non-hydrogen) atoms. The van der Waals surface area contributed by atoms with Crippen molar-refractivity contribution in [2.45, 2.75) is 51.8 Å². The van der Waals surface area contributed by atoms with Gasteiger partial charge in [-0.05, 0) is 19.8 Å². The summed E-state index contributed by atoms with van der Waals surface area (Å²) in [5.41, 5.74) is 0.164. The number of aliphatic hydroxyl groups is 1. The average molecular weight is 245 g/mol. The monoisotopic (exact) mass is 245 g/mol. The van der Waals surface area contributed by atoms with Crippen LogP contribution in [-0.2, 0) is 9.47 Å². The minimum Gasteiger partial charge on any atom is -0.396 e. The summed E-state index contributed by atoms with van der Waals surface area (Å²) in [4.78, 5) is 0. The number of aliphatic hydroxyl groups excluding tert-OH is 1. The molecular formula is C13H27NO3. The molecule has 4 heteroatoms. The fourth-order valence-electron chi connectivity index (χ4n) is 2.51. The summed E-state index contributed by atoms with van der Waals surface area (Å²) in [7, 11) is 1.70. The summed E-state index contributed by atoms with van der Waals surface area (Å²) in [5.74, 6) is 0. The maximum atomic E-state index is 9.01. The lowest BCUT2D eigenvalue weighted by molar-refractivity contribution is -0.118. The zero-order chi connectivity index (χ0) is 12.9. The van der Waals surface area contributed by atoms with E-state index in [1.54, 1.807) is 7.11 Å². The van der Waals surface area contributed by atoms with Crippen molar-refractivity contribution >= 4 is 0 Å². The summed E-state index contributed by atoms with van der Waals surface area (Å²) >= 11 is 0. The van der Waals surface area contributed by atoms with E-state index in [9.17, 15) is 0 Å². The number of nitrogens with one attached hydrogen (secondary N) is 1. The zero-order valence-electron chi connectivity index (χ0n) is 11.5. The number of hydrogen-bond acceptors (Lipinski definition) is 4. The number of rotatable bonds is 8. The van der Waals surface area contributed by atoms with Crippen molar-refractivity contribution in [3.8, 4) is 0 Å². The first-order chi connectivity index (χ1) is 8.06. The van der Waals surface area contributed by atoms with Crippen molar-refractivity contribution in [3.63, 3.8) is 0 Å². The first-order valence-electron chi connectivity index (χ1n) is 6.53. The molecule has 0 amide bonds. The molecule has 0 saturated heterocycles. The molecule has 3 unspecified atom stereocenters. The first-order valence-corrected chi connectivity index (χ1v) is 6.53. The van der Waals surface area contributed by atoms with Gasteiger partial charge in [-0.15, -0.1) is 0 Å². The van der Waals surface area contributed by atoms with E-state index in [1.165, 1.54) is 0 Å². The fraction of sp³-hybridized carbons (Fsp3) is 1.00. The minimum absolute atomic E-state index is 0.164. The van der Waals surface area contributed by atoms with Gasteiger partial charge in [0.25, 0.3) is 0 Å². The molecule has 0 aromatic carbocycles. The number of hydrogen-bond donors (Lipinski definition) is 2. The predicted octanol–water partition coefficient (Wildman–Crippen LogP) is 1.18. The number of methoxy groups -OCH3 is 1. The van der Waals surface area contributed by atoms with Gasteiger partial charge < -0.3 is 19.9 Å². The van der Waals surface area contributed by atoms with Crippen LogP contribution in [0.25, 0.3) is 0 Å². The number of ether oxygens (including phenoxy) is 2. The van der Waals surface area contributed by atoms with Crippen molar-refractivity contribution in [3.05, 3.63) is 0 Å². The molecule has 2 N–H and O–H groups in total. The van der Waals surface area contributed by atoms with Gasteiger partial charge in [-0.25, -0.2) is 0 Å². The van der Waals surface area contributed by atoms with Crippen LogP contribution in [0.4, 0.5) is 0 Å². The summed E-state index contributed by atoms with van der Waals surface area (Å²) < 4.78 is 10.9. The standard InChI is InChI=1S/C13H27NO3/c1-5-17-12-8-11(13(12,2)3)14-10(6-7-15)9-16-4/h10-12,14-15H,5-9H2,1-4H3. The highest BCUT2D eigenvalue weighted by atomic mass is 16.5. The molecule has 0 bridgehead atoms. The average Bonchev–Trinajstić information content (AvgIpc) is 2.28. The van der Waals surface area contributed by atoms with Gasteiger partial charge in [0.05, 0.1) is 12.7 Å². The van der Waals surface area contributed by atoms with Crippen LogP contribution in [0.15, 0.2) is 0 Å². The maximum Gasteiger partial charge on any atom is 0.0655 e. The Hall–Kier alpha value is -0.160. The van der Waals surface area contributed by atoms with E-state index in [1.807, 2.05) is 6.92 Å². The molecule has 3 atom stereocenters.